The summed E-state index contributed by atoms with van der Waals surface area (Å²) in [5.74, 6) is 0. The third-order valence-electron chi connectivity index (χ3n) is 3.40. The lowest BCUT2D eigenvalue weighted by Gasteiger charge is -2.29. The van der Waals surface area contributed by atoms with E-state index in [4.69, 9.17) is 4.74 Å². The number of ether oxygens (including phenoxy) is 1. The van der Waals surface area contributed by atoms with Gasteiger partial charge in [-0.1, -0.05) is 0 Å². The normalized spacial score (nSPS) is 23.9. The van der Waals surface area contributed by atoms with Gasteiger partial charge >= 0.3 is 0 Å². The third-order valence-corrected chi connectivity index (χ3v) is 3.40. The molecule has 2 unspecified atom stereocenters. The zero-order valence-electron chi connectivity index (χ0n) is 10.8. The molecule has 0 saturated carbocycles. The highest BCUT2D eigenvalue weighted by atomic mass is 16.5. The minimum Gasteiger partial charge on any atom is -0.376 e. The summed E-state index contributed by atoms with van der Waals surface area (Å²) < 4.78 is 5.62. The summed E-state index contributed by atoms with van der Waals surface area (Å²) in [6.45, 7) is 3.81. The van der Waals surface area contributed by atoms with Crippen molar-refractivity contribution in [1.29, 1.82) is 0 Å². The molecule has 1 fully saturated rings. The molecule has 1 aliphatic rings. The fourth-order valence-corrected chi connectivity index (χ4v) is 2.38. The first-order chi connectivity index (χ1) is 8.22. The van der Waals surface area contributed by atoms with Crippen molar-refractivity contribution in [3.63, 3.8) is 0 Å². The third kappa shape index (κ3) is 2.76. The Bertz CT molecular complexity index is 369. The quantitative estimate of drug-likeness (QED) is 0.856. The minimum atomic E-state index is 0.306. The van der Waals surface area contributed by atoms with Gasteiger partial charge in [0.15, 0.2) is 0 Å². The lowest BCUT2D eigenvalue weighted by Crippen LogP contribution is -2.36. The number of hydrogen-bond donors (Lipinski definition) is 1. The Kier molecular flexibility index (Phi) is 3.97. The second-order valence-electron chi connectivity index (χ2n) is 4.58. The lowest BCUT2D eigenvalue weighted by molar-refractivity contribution is 0.118. The van der Waals surface area contributed by atoms with Gasteiger partial charge < -0.3 is 15.0 Å². The van der Waals surface area contributed by atoms with Gasteiger partial charge in [-0.25, -0.2) is 0 Å². The Balaban J connectivity index is 2.12. The van der Waals surface area contributed by atoms with E-state index in [0.29, 0.717) is 12.1 Å². The van der Waals surface area contributed by atoms with E-state index in [-0.39, 0.29) is 0 Å². The van der Waals surface area contributed by atoms with Crippen LogP contribution in [-0.2, 0) is 11.3 Å². The number of rotatable bonds is 4. The van der Waals surface area contributed by atoms with E-state index < -0.39 is 0 Å². The molecule has 4 nitrogen and oxygen atoms in total. The Morgan fingerprint density at radius 2 is 2.41 bits per heavy atom. The highest BCUT2D eigenvalue weighted by molar-refractivity contribution is 5.47. The van der Waals surface area contributed by atoms with Crippen molar-refractivity contribution in [2.24, 2.45) is 0 Å². The molecule has 0 bridgehead atoms. The average molecular weight is 235 g/mol. The summed E-state index contributed by atoms with van der Waals surface area (Å²) >= 11 is 0. The van der Waals surface area contributed by atoms with Crippen LogP contribution in [0.4, 0.5) is 5.69 Å². The first-order valence-corrected chi connectivity index (χ1v) is 6.16. The fourth-order valence-electron chi connectivity index (χ4n) is 2.38. The van der Waals surface area contributed by atoms with Crippen molar-refractivity contribution in [2.75, 3.05) is 25.6 Å². The Morgan fingerprint density at radius 1 is 1.59 bits per heavy atom. The maximum Gasteiger partial charge on any atom is 0.0750 e. The van der Waals surface area contributed by atoms with Crippen LogP contribution in [0, 0.1) is 0 Å². The number of anilines is 1. The smallest absolute Gasteiger partial charge is 0.0750 e. The number of aromatic nitrogens is 1. The van der Waals surface area contributed by atoms with Crippen molar-refractivity contribution in [2.45, 2.75) is 32.0 Å². The first kappa shape index (κ1) is 12.3. The summed E-state index contributed by atoms with van der Waals surface area (Å²) in [4.78, 5) is 6.64. The van der Waals surface area contributed by atoms with E-state index in [1.807, 2.05) is 13.2 Å². The van der Waals surface area contributed by atoms with Gasteiger partial charge in [0.1, 0.15) is 0 Å². The van der Waals surface area contributed by atoms with Crippen LogP contribution in [0.3, 0.4) is 0 Å². The van der Waals surface area contributed by atoms with Gasteiger partial charge in [0.05, 0.1) is 17.8 Å². The molecule has 94 valence electrons. The van der Waals surface area contributed by atoms with Crippen LogP contribution in [0.5, 0.6) is 0 Å². The van der Waals surface area contributed by atoms with Crippen LogP contribution < -0.4 is 10.2 Å². The molecule has 0 aliphatic carbocycles. The Labute approximate surface area is 103 Å². The number of hydrogen-bond acceptors (Lipinski definition) is 4. The summed E-state index contributed by atoms with van der Waals surface area (Å²) in [6, 6.07) is 4.67. The zero-order valence-corrected chi connectivity index (χ0v) is 10.8. The molecule has 2 atom stereocenters. The average Bonchev–Trinajstić information content (AvgIpc) is 2.75. The molecule has 1 aromatic heterocycles. The van der Waals surface area contributed by atoms with E-state index in [9.17, 15) is 0 Å². The van der Waals surface area contributed by atoms with Crippen LogP contribution >= 0.6 is 0 Å². The van der Waals surface area contributed by atoms with Crippen LogP contribution in [0.2, 0.25) is 0 Å². The van der Waals surface area contributed by atoms with Gasteiger partial charge in [0.2, 0.25) is 0 Å². The Hall–Kier alpha value is -1.13. The highest BCUT2D eigenvalue weighted by Crippen LogP contribution is 2.24. The van der Waals surface area contributed by atoms with E-state index in [1.165, 1.54) is 5.69 Å². The van der Waals surface area contributed by atoms with Gasteiger partial charge in [0.25, 0.3) is 0 Å². The monoisotopic (exact) mass is 235 g/mol. The molecule has 0 radical (unpaired) electrons. The molecule has 0 spiro atoms. The van der Waals surface area contributed by atoms with E-state index >= 15 is 0 Å². The zero-order chi connectivity index (χ0) is 12.3. The largest absolute Gasteiger partial charge is 0.376 e. The molecule has 1 N–H and O–H groups in total. The van der Waals surface area contributed by atoms with Crippen LogP contribution in [0.15, 0.2) is 18.3 Å². The standard InChI is InChI=1S/C13H21N3O/c1-10-13(5-7-17-10)16(3)12-4-6-15-11(8-12)9-14-2/h4,6,8,10,13-14H,5,7,9H2,1-3H3. The highest BCUT2D eigenvalue weighted by Gasteiger charge is 2.28. The summed E-state index contributed by atoms with van der Waals surface area (Å²) in [7, 11) is 4.07. The predicted molar refractivity (Wildman–Crippen MR) is 69.2 cm³/mol. The topological polar surface area (TPSA) is 37.4 Å². The number of pyridine rings is 1. The Morgan fingerprint density at radius 3 is 3.06 bits per heavy atom. The van der Waals surface area contributed by atoms with Crippen molar-refractivity contribution in [1.82, 2.24) is 10.3 Å². The van der Waals surface area contributed by atoms with Crippen molar-refractivity contribution in [3.8, 4) is 0 Å². The van der Waals surface area contributed by atoms with Crippen LogP contribution in [-0.4, -0.2) is 37.8 Å². The lowest BCUT2D eigenvalue weighted by atomic mass is 10.1. The molecule has 0 aromatic carbocycles. The number of nitrogens with zero attached hydrogens (tertiary/aromatic N) is 2. The van der Waals surface area contributed by atoms with Gasteiger partial charge in [-0.15, -0.1) is 0 Å². The van der Waals surface area contributed by atoms with Crippen molar-refractivity contribution >= 4 is 5.69 Å². The summed E-state index contributed by atoms with van der Waals surface area (Å²) in [6.07, 6.45) is 3.28. The SMILES string of the molecule is CNCc1cc(N(C)C2CCOC2C)ccn1. The van der Waals surface area contributed by atoms with E-state index in [1.54, 1.807) is 0 Å². The second kappa shape index (κ2) is 5.47. The molecule has 2 heterocycles. The molecule has 1 saturated heterocycles. The molecular formula is C13H21N3O. The first-order valence-electron chi connectivity index (χ1n) is 6.16. The molecule has 2 rings (SSSR count). The maximum atomic E-state index is 5.62. The number of nitrogens with one attached hydrogen (secondary N) is 1. The molecule has 17 heavy (non-hydrogen) atoms. The van der Waals surface area contributed by atoms with Gasteiger partial charge in [0, 0.05) is 32.1 Å². The van der Waals surface area contributed by atoms with Crippen molar-refractivity contribution < 1.29 is 4.74 Å². The fraction of sp³-hybridized carbons (Fsp3) is 0.615. The minimum absolute atomic E-state index is 0.306. The molecular weight excluding hydrogens is 214 g/mol. The predicted octanol–water partition coefficient (Wildman–Crippen LogP) is 1.41. The molecule has 0 amide bonds. The van der Waals surface area contributed by atoms with Gasteiger partial charge in [-0.3, -0.25) is 4.98 Å². The molecule has 1 aliphatic heterocycles. The summed E-state index contributed by atoms with van der Waals surface area (Å²) in [5.41, 5.74) is 2.29. The second-order valence-corrected chi connectivity index (χ2v) is 4.58. The van der Waals surface area contributed by atoms with E-state index in [0.717, 1.165) is 25.3 Å². The maximum absolute atomic E-state index is 5.62. The van der Waals surface area contributed by atoms with Crippen LogP contribution in [0.25, 0.3) is 0 Å². The summed E-state index contributed by atoms with van der Waals surface area (Å²) in [5, 5.41) is 3.12. The molecule has 4 heteroatoms. The van der Waals surface area contributed by atoms with E-state index in [2.05, 4.69) is 41.3 Å². The van der Waals surface area contributed by atoms with Crippen molar-refractivity contribution in [3.05, 3.63) is 24.0 Å². The van der Waals surface area contributed by atoms with Gasteiger partial charge in [-0.05, 0) is 32.5 Å². The van der Waals surface area contributed by atoms with Gasteiger partial charge in [-0.2, -0.15) is 0 Å². The van der Waals surface area contributed by atoms with Crippen LogP contribution in [0.1, 0.15) is 19.0 Å². The number of likely N-dealkylation sites (N-methyl/N-ethyl adjacent to an activating group) is 1. The molecule has 1 aromatic rings.